The van der Waals surface area contributed by atoms with Gasteiger partial charge in [-0.25, -0.2) is 0 Å². The summed E-state index contributed by atoms with van der Waals surface area (Å²) in [7, 11) is -5.84. The second kappa shape index (κ2) is 31.0. The van der Waals surface area contributed by atoms with Gasteiger partial charge in [-0.15, -0.1) is 0 Å². The Labute approximate surface area is 339 Å². The van der Waals surface area contributed by atoms with Gasteiger partial charge in [-0.2, -0.15) is 0 Å². The molecule has 0 amide bonds. The van der Waals surface area contributed by atoms with E-state index in [9.17, 15) is 19.0 Å². The van der Waals surface area contributed by atoms with Crippen molar-refractivity contribution in [2.75, 3.05) is 26.4 Å². The molecule has 0 bridgehead atoms. The first-order chi connectivity index (χ1) is 41.2. The van der Waals surface area contributed by atoms with Crippen molar-refractivity contribution in [3.8, 4) is 0 Å². The molecule has 0 spiro atoms. The van der Waals surface area contributed by atoms with Gasteiger partial charge in [-0.05, 0) is 12.7 Å². The lowest BCUT2D eigenvalue weighted by Crippen LogP contribution is -2.52. The molecule has 0 fully saturated rings. The van der Waals surface area contributed by atoms with Crippen LogP contribution in [0, 0.1) is 0 Å². The molecule has 0 rings (SSSR count). The monoisotopic (exact) mass is 690 g/mol. The van der Waals surface area contributed by atoms with Crippen LogP contribution in [0.15, 0.2) is 0 Å². The highest BCUT2D eigenvalue weighted by atomic mass is 31.2. The minimum absolute atomic E-state index is 0.406. The van der Waals surface area contributed by atoms with E-state index in [1.165, 1.54) is 0 Å². The molecule has 0 aromatic carbocycles. The lowest BCUT2D eigenvalue weighted by molar-refractivity contribution is -0.373. The minimum atomic E-state index is -5.84. The molecule has 0 aliphatic heterocycles. The molecule has 0 radical (unpaired) electrons. The number of ether oxygens (including phenoxy) is 2. The van der Waals surface area contributed by atoms with Gasteiger partial charge in [0.25, 0.3) is 7.82 Å². The van der Waals surface area contributed by atoms with Crippen molar-refractivity contribution >= 4 is 19.8 Å². The minimum Gasteiger partial charge on any atom is -0.756 e. The third-order valence-corrected chi connectivity index (χ3v) is 4.03. The van der Waals surface area contributed by atoms with Crippen molar-refractivity contribution in [1.82, 2.24) is 0 Å². The normalized spacial score (nSPS) is 40.7. The van der Waals surface area contributed by atoms with Crippen LogP contribution >= 0.6 is 7.82 Å². The van der Waals surface area contributed by atoms with Crippen LogP contribution in [0.2, 0.25) is 0 Å². The quantitative estimate of drug-likeness (QED) is 0.0549. The fraction of sp³-hybridized carbons (Fsp3) is 0.939. The summed E-state index contributed by atoms with van der Waals surface area (Å²) in [6.45, 7) is -14.0. The molecule has 0 aliphatic rings. The van der Waals surface area contributed by atoms with Crippen molar-refractivity contribution in [1.29, 1.82) is 0 Å². The summed E-state index contributed by atoms with van der Waals surface area (Å²) in [6.07, 6.45) is -127. The van der Waals surface area contributed by atoms with E-state index < -0.39 is 219 Å². The van der Waals surface area contributed by atoms with Gasteiger partial charge in [0, 0.05) is 86.8 Å². The Morgan fingerprint density at radius 1 is 0.674 bits per heavy atom. The highest BCUT2D eigenvalue weighted by Crippen LogP contribution is 2.38. The Hall–Kier alpha value is -0.990. The maximum Gasteiger partial charge on any atom is 0.306 e. The SMILES string of the molecule is [2H]C([2H])([2H])C([2H])([2H])C([2H])([2H])C([2H])([2H])C([2H])([2H])C([2H])([2H])C([2H])([2H])C([2H])([2H])C([2H])([2H])C([2H])([2H])C([2H])([2H])C([2H])([2H])C([2H])([2H])C(=O)OC[C@H](COP(=O)([O-])OCC[NH3+])OC(=O)C([2H])([2H])C([2H])([2H])C([2H])([2H])C([2H])([2H])C([2H])([2H])C([2H])([2H])C([2H])([2H])C([2H])([2H])C([2H])([2H])C([2H])([2H])C([2H])([2H])C([2H])([2H])C([2H])([2H])[2H]. The molecular formula is C33H66NO8P. The molecule has 0 aliphatic carbocycles. The van der Waals surface area contributed by atoms with E-state index in [4.69, 9.17) is 74.0 Å². The van der Waals surface area contributed by atoms with Gasteiger partial charge in [0.05, 0.1) is 13.2 Å². The summed E-state index contributed by atoms with van der Waals surface area (Å²) in [6, 6.07) is 0. The summed E-state index contributed by atoms with van der Waals surface area (Å²) in [5.74, 6) is -6.07. The average Bonchev–Trinajstić information content (AvgIpc) is 0.688. The predicted octanol–water partition coefficient (Wildman–Crippen LogP) is 7.59. The van der Waals surface area contributed by atoms with Gasteiger partial charge in [-0.1, -0.05) is 141 Å². The maximum absolute atomic E-state index is 13.7. The van der Waals surface area contributed by atoms with E-state index in [2.05, 4.69) is 24.3 Å². The van der Waals surface area contributed by atoms with E-state index in [1.54, 1.807) is 0 Å². The van der Waals surface area contributed by atoms with Gasteiger partial charge in [0.1, 0.15) is 13.2 Å². The Balaban J connectivity index is 7.97. The molecule has 1 unspecified atom stereocenters. The molecular weight excluding hydrogens is 569 g/mol. The molecule has 0 aromatic rings. The van der Waals surface area contributed by atoms with Crippen LogP contribution in [0.25, 0.3) is 0 Å². The first-order valence-corrected chi connectivity index (χ1v) is 12.4. The van der Waals surface area contributed by atoms with Gasteiger partial charge in [0.15, 0.2) is 6.10 Å². The topological polar surface area (TPSA) is 139 Å². The fourth-order valence-corrected chi connectivity index (χ4v) is 2.39. The molecule has 0 heterocycles. The van der Waals surface area contributed by atoms with Crippen molar-refractivity contribution in [2.45, 2.75) is 173 Å². The number of hydrogen-bond acceptors (Lipinski definition) is 8. The van der Waals surface area contributed by atoms with Crippen LogP contribution in [0.3, 0.4) is 0 Å². The van der Waals surface area contributed by atoms with Gasteiger partial charge in [0.2, 0.25) is 0 Å². The first kappa shape index (κ1) is 7.83. The molecule has 9 nitrogen and oxygen atoms in total. The second-order valence-corrected chi connectivity index (χ2v) is 7.47. The zero-order chi connectivity index (χ0) is 79.9. The van der Waals surface area contributed by atoms with Crippen molar-refractivity contribution in [3.63, 3.8) is 0 Å². The highest BCUT2D eigenvalue weighted by Gasteiger charge is 2.21. The number of carbonyl (C=O) groups is 2. The van der Waals surface area contributed by atoms with E-state index in [1.807, 2.05) is 0 Å². The van der Waals surface area contributed by atoms with Crippen LogP contribution < -0.4 is 10.6 Å². The Morgan fingerprint density at radius 2 is 1.09 bits per heavy atom. The number of carbonyl (C=O) groups excluding carboxylic acids is 2. The highest BCUT2D eigenvalue weighted by molar-refractivity contribution is 7.45. The van der Waals surface area contributed by atoms with Crippen LogP contribution in [0.1, 0.15) is 241 Å². The maximum atomic E-state index is 13.7. The number of phosphoric acid groups is 1. The molecule has 3 N–H and O–H groups in total. The summed E-state index contributed by atoms with van der Waals surface area (Å²) >= 11 is 0. The summed E-state index contributed by atoms with van der Waals surface area (Å²) in [4.78, 5) is 39.8. The van der Waals surface area contributed by atoms with Crippen molar-refractivity contribution in [2.24, 2.45) is 0 Å². The molecule has 0 aromatic heterocycles. The van der Waals surface area contributed by atoms with Gasteiger partial charge in [-0.3, -0.25) is 14.2 Å². The zero-order valence-corrected chi connectivity index (χ0v) is 22.7. The summed E-state index contributed by atoms with van der Waals surface area (Å²) in [5.41, 5.74) is 3.21. The molecule has 0 saturated heterocycles. The predicted molar refractivity (Wildman–Crippen MR) is 170 cm³/mol. The Kier molecular flexibility index (Phi) is 5.64. The van der Waals surface area contributed by atoms with Crippen LogP contribution in [-0.2, 0) is 32.7 Å². The van der Waals surface area contributed by atoms with E-state index in [0.29, 0.717) is 0 Å². The summed E-state index contributed by atoms with van der Waals surface area (Å²) in [5, 5.41) is 0. The first-order valence-electron chi connectivity index (χ1n) is 38.0. The van der Waals surface area contributed by atoms with Crippen LogP contribution in [0.5, 0.6) is 0 Å². The standard InChI is InChI=1S/C33H66NO8P/c1-3-5-7-9-11-13-15-17-19-21-23-25-32(35)39-29-31(30-41-43(37,38)40-28-27-34)42-33(36)26-24-22-20-18-16-14-12-10-8-6-4-2/h31H,3-30,34H2,1-2H3,(H,37,38)/t31-/m1/s1/i1D3,2D3,3D2,4D2,5D2,6D2,7D2,8D2,9D2,10D2,11D2,12D2,13D2,14D2,15D2,16D2,17D2,18D2,19D2,20D2,21D2,22D2,23D2,24D2,25D2,26D2. The number of rotatable bonds is 33. The van der Waals surface area contributed by atoms with E-state index in [-0.39, 0.29) is 0 Å². The zero-order valence-electron chi connectivity index (χ0n) is 75.8. The second-order valence-electron chi connectivity index (χ2n) is 6.06. The smallest absolute Gasteiger partial charge is 0.306 e. The third-order valence-electron chi connectivity index (χ3n) is 3.07. The summed E-state index contributed by atoms with van der Waals surface area (Å²) < 4.78 is 469. The Morgan fingerprint density at radius 3 is 1.53 bits per heavy atom. The number of phosphoric ester groups is 1. The van der Waals surface area contributed by atoms with Crippen LogP contribution in [0.4, 0.5) is 0 Å². The Bertz CT molecular complexity index is 2870. The fourth-order valence-electron chi connectivity index (χ4n) is 1.62. The number of hydrogen-bond donors (Lipinski definition) is 1. The van der Waals surface area contributed by atoms with Gasteiger partial charge < -0.3 is 29.1 Å². The third kappa shape index (κ3) is 30.8. The van der Waals surface area contributed by atoms with Crippen molar-refractivity contribution < 1.29 is 117 Å². The van der Waals surface area contributed by atoms with E-state index in [0.717, 1.165) is 0 Å². The molecule has 2 atom stereocenters. The van der Waals surface area contributed by atoms with Crippen LogP contribution in [-0.4, -0.2) is 44.4 Å². The average molecular weight is 690 g/mol. The lowest BCUT2D eigenvalue weighted by atomic mass is 10.1. The molecule has 10 heteroatoms. The van der Waals surface area contributed by atoms with Crippen molar-refractivity contribution in [3.05, 3.63) is 0 Å². The molecule has 0 saturated carbocycles. The molecule has 43 heavy (non-hydrogen) atoms. The number of esters is 2. The molecule has 256 valence electrons. The largest absolute Gasteiger partial charge is 0.756 e. The van der Waals surface area contributed by atoms with E-state index >= 15 is 0 Å². The lowest BCUT2D eigenvalue weighted by Gasteiger charge is -2.25. The van der Waals surface area contributed by atoms with Gasteiger partial charge >= 0.3 is 11.9 Å². The number of quaternary nitrogens is 1.